The Labute approximate surface area is 156 Å². The quantitative estimate of drug-likeness (QED) is 0.776. The predicted molar refractivity (Wildman–Crippen MR) is 103 cm³/mol. The van der Waals surface area contributed by atoms with E-state index in [0.29, 0.717) is 16.8 Å². The number of halogens is 1. The van der Waals surface area contributed by atoms with E-state index in [-0.39, 0.29) is 17.9 Å². The summed E-state index contributed by atoms with van der Waals surface area (Å²) in [5.74, 6) is -0.281. The molecule has 0 spiro atoms. The van der Waals surface area contributed by atoms with Crippen molar-refractivity contribution in [1.82, 2.24) is 5.32 Å². The summed E-state index contributed by atoms with van der Waals surface area (Å²) in [4.78, 5) is 24.8. The molecular weight excluding hydrogens is 380 g/mol. The van der Waals surface area contributed by atoms with E-state index in [2.05, 4.69) is 26.6 Å². The lowest BCUT2D eigenvalue weighted by atomic mass is 9.95. The van der Waals surface area contributed by atoms with Crippen molar-refractivity contribution in [2.45, 2.75) is 38.1 Å². The zero-order valence-electron chi connectivity index (χ0n) is 13.9. The lowest BCUT2D eigenvalue weighted by molar-refractivity contribution is 0.0926. The van der Waals surface area contributed by atoms with Crippen LogP contribution in [0.4, 0.5) is 5.69 Å². The standard InChI is InChI=1S/C20H21BrN2O2/c21-16-8-4-6-14(12-16)19(24)23-18-11-5-7-15(13-18)20(25)22-17-9-2-1-3-10-17/h4-8,11-13,17H,1-3,9-10H2,(H,22,25)(H,23,24). The minimum atomic E-state index is -0.203. The van der Waals surface area contributed by atoms with E-state index in [0.717, 1.165) is 17.3 Å². The number of carbonyl (C=O) groups excluding carboxylic acids is 2. The summed E-state index contributed by atoms with van der Waals surface area (Å²) in [6.07, 6.45) is 5.70. The third kappa shape index (κ3) is 4.92. The highest BCUT2D eigenvalue weighted by atomic mass is 79.9. The molecule has 0 unspecified atom stereocenters. The average molecular weight is 401 g/mol. The van der Waals surface area contributed by atoms with E-state index in [1.54, 1.807) is 36.4 Å². The summed E-state index contributed by atoms with van der Waals surface area (Å²) >= 11 is 3.36. The summed E-state index contributed by atoms with van der Waals surface area (Å²) < 4.78 is 0.848. The van der Waals surface area contributed by atoms with Crippen molar-refractivity contribution in [3.05, 3.63) is 64.1 Å². The van der Waals surface area contributed by atoms with E-state index < -0.39 is 0 Å². The van der Waals surface area contributed by atoms with Crippen LogP contribution in [0.1, 0.15) is 52.8 Å². The van der Waals surface area contributed by atoms with Crippen molar-refractivity contribution in [2.24, 2.45) is 0 Å². The molecule has 0 saturated heterocycles. The molecule has 1 saturated carbocycles. The van der Waals surface area contributed by atoms with Gasteiger partial charge in [-0.3, -0.25) is 9.59 Å². The molecule has 5 heteroatoms. The summed E-state index contributed by atoms with van der Waals surface area (Å²) in [6.45, 7) is 0. The molecule has 1 aliphatic carbocycles. The van der Waals surface area contributed by atoms with Crippen molar-refractivity contribution in [2.75, 3.05) is 5.32 Å². The fourth-order valence-electron chi connectivity index (χ4n) is 3.09. The van der Waals surface area contributed by atoms with Gasteiger partial charge in [0.05, 0.1) is 0 Å². The number of hydrogen-bond donors (Lipinski definition) is 2. The average Bonchev–Trinajstić information content (AvgIpc) is 2.63. The molecule has 0 atom stereocenters. The fraction of sp³-hybridized carbons (Fsp3) is 0.300. The first-order chi connectivity index (χ1) is 12.1. The van der Waals surface area contributed by atoms with Crippen LogP contribution in [0, 0.1) is 0 Å². The molecule has 0 heterocycles. The van der Waals surface area contributed by atoms with E-state index in [1.165, 1.54) is 19.3 Å². The first-order valence-corrected chi connectivity index (χ1v) is 9.39. The lowest BCUT2D eigenvalue weighted by Crippen LogP contribution is -2.36. The minimum Gasteiger partial charge on any atom is -0.349 e. The normalized spacial score (nSPS) is 14.8. The molecule has 2 aromatic rings. The number of carbonyl (C=O) groups is 2. The fourth-order valence-corrected chi connectivity index (χ4v) is 3.49. The van der Waals surface area contributed by atoms with Gasteiger partial charge in [-0.05, 0) is 49.2 Å². The highest BCUT2D eigenvalue weighted by Gasteiger charge is 2.17. The second-order valence-electron chi connectivity index (χ2n) is 6.35. The molecule has 0 aliphatic heterocycles. The van der Waals surface area contributed by atoms with Gasteiger partial charge in [-0.2, -0.15) is 0 Å². The largest absolute Gasteiger partial charge is 0.349 e. The topological polar surface area (TPSA) is 58.2 Å². The highest BCUT2D eigenvalue weighted by molar-refractivity contribution is 9.10. The molecule has 3 rings (SSSR count). The minimum absolute atomic E-state index is 0.0783. The molecule has 2 amide bonds. The van der Waals surface area contributed by atoms with Gasteiger partial charge in [-0.25, -0.2) is 0 Å². The maximum atomic E-state index is 12.4. The lowest BCUT2D eigenvalue weighted by Gasteiger charge is -2.22. The Morgan fingerprint density at radius 2 is 1.56 bits per heavy atom. The number of hydrogen-bond acceptors (Lipinski definition) is 2. The number of amides is 2. The number of rotatable bonds is 4. The molecule has 1 aliphatic rings. The molecule has 1 fully saturated rings. The summed E-state index contributed by atoms with van der Waals surface area (Å²) in [7, 11) is 0. The Morgan fingerprint density at radius 1 is 0.880 bits per heavy atom. The van der Waals surface area contributed by atoms with E-state index >= 15 is 0 Å². The van der Waals surface area contributed by atoms with Gasteiger partial charge in [0.1, 0.15) is 0 Å². The second kappa shape index (κ2) is 8.30. The highest BCUT2D eigenvalue weighted by Crippen LogP contribution is 2.19. The Kier molecular flexibility index (Phi) is 5.87. The molecule has 2 aromatic carbocycles. The first kappa shape index (κ1) is 17.7. The van der Waals surface area contributed by atoms with Crippen LogP contribution in [-0.4, -0.2) is 17.9 Å². The van der Waals surface area contributed by atoms with Crippen molar-refractivity contribution >= 4 is 33.4 Å². The second-order valence-corrected chi connectivity index (χ2v) is 7.27. The van der Waals surface area contributed by atoms with Crippen LogP contribution in [-0.2, 0) is 0 Å². The van der Waals surface area contributed by atoms with Crippen LogP contribution in [0.5, 0.6) is 0 Å². The van der Waals surface area contributed by atoms with Crippen molar-refractivity contribution in [1.29, 1.82) is 0 Å². The van der Waals surface area contributed by atoms with E-state index in [1.807, 2.05) is 12.1 Å². The first-order valence-electron chi connectivity index (χ1n) is 8.60. The van der Waals surface area contributed by atoms with E-state index in [4.69, 9.17) is 0 Å². The van der Waals surface area contributed by atoms with E-state index in [9.17, 15) is 9.59 Å². The van der Waals surface area contributed by atoms with Crippen LogP contribution >= 0.6 is 15.9 Å². The van der Waals surface area contributed by atoms with Gasteiger partial charge in [0, 0.05) is 27.3 Å². The molecule has 0 bridgehead atoms. The SMILES string of the molecule is O=C(Nc1cccc(C(=O)NC2CCCCC2)c1)c1cccc(Br)c1. The van der Waals surface area contributed by atoms with Crippen LogP contribution in [0.3, 0.4) is 0 Å². The third-order valence-corrected chi connectivity index (χ3v) is 4.90. The Bertz CT molecular complexity index is 770. The Morgan fingerprint density at radius 3 is 2.28 bits per heavy atom. The van der Waals surface area contributed by atoms with Crippen molar-refractivity contribution < 1.29 is 9.59 Å². The molecule has 0 radical (unpaired) electrons. The van der Waals surface area contributed by atoms with Crippen LogP contribution in [0.2, 0.25) is 0 Å². The number of anilines is 1. The van der Waals surface area contributed by atoms with Crippen LogP contribution < -0.4 is 10.6 Å². The zero-order valence-corrected chi connectivity index (χ0v) is 15.5. The van der Waals surface area contributed by atoms with Gasteiger partial charge in [0.15, 0.2) is 0 Å². The summed E-state index contributed by atoms with van der Waals surface area (Å²) in [5.41, 5.74) is 1.74. The van der Waals surface area contributed by atoms with Gasteiger partial charge >= 0.3 is 0 Å². The molecular formula is C20H21BrN2O2. The van der Waals surface area contributed by atoms with Gasteiger partial charge in [0.2, 0.25) is 0 Å². The Balaban J connectivity index is 1.66. The van der Waals surface area contributed by atoms with Gasteiger partial charge < -0.3 is 10.6 Å². The number of benzene rings is 2. The summed E-state index contributed by atoms with van der Waals surface area (Å²) in [6, 6.07) is 14.5. The molecule has 25 heavy (non-hydrogen) atoms. The number of nitrogens with one attached hydrogen (secondary N) is 2. The van der Waals surface area contributed by atoms with Gasteiger partial charge in [-0.1, -0.05) is 47.3 Å². The maximum absolute atomic E-state index is 12.4. The maximum Gasteiger partial charge on any atom is 0.255 e. The smallest absolute Gasteiger partial charge is 0.255 e. The Hall–Kier alpha value is -2.14. The third-order valence-electron chi connectivity index (χ3n) is 4.41. The summed E-state index contributed by atoms with van der Waals surface area (Å²) in [5, 5.41) is 5.94. The monoisotopic (exact) mass is 400 g/mol. The van der Waals surface area contributed by atoms with Gasteiger partial charge in [0.25, 0.3) is 11.8 Å². The van der Waals surface area contributed by atoms with Crippen LogP contribution in [0.15, 0.2) is 53.0 Å². The molecule has 4 nitrogen and oxygen atoms in total. The van der Waals surface area contributed by atoms with Crippen LogP contribution in [0.25, 0.3) is 0 Å². The molecule has 130 valence electrons. The predicted octanol–water partition coefficient (Wildman–Crippen LogP) is 4.76. The molecule has 0 aromatic heterocycles. The van der Waals surface area contributed by atoms with Crippen molar-refractivity contribution in [3.8, 4) is 0 Å². The van der Waals surface area contributed by atoms with Gasteiger partial charge in [-0.15, -0.1) is 0 Å². The molecule has 2 N–H and O–H groups in total. The zero-order chi connectivity index (χ0) is 17.6. The van der Waals surface area contributed by atoms with Crippen molar-refractivity contribution in [3.63, 3.8) is 0 Å².